The van der Waals surface area contributed by atoms with Gasteiger partial charge in [0.1, 0.15) is 11.5 Å². The van der Waals surface area contributed by atoms with E-state index in [1.807, 2.05) is 0 Å². The third-order valence-electron chi connectivity index (χ3n) is 5.48. The Bertz CT molecular complexity index is 1740. The predicted molar refractivity (Wildman–Crippen MR) is 148 cm³/mol. The van der Waals surface area contributed by atoms with Crippen molar-refractivity contribution in [1.82, 2.24) is 23.4 Å². The molecule has 0 amide bonds. The van der Waals surface area contributed by atoms with E-state index >= 15 is 0 Å². The summed E-state index contributed by atoms with van der Waals surface area (Å²) in [6.45, 7) is 5.50. The maximum atomic E-state index is 13.6. The molecule has 0 bridgehead atoms. The normalized spacial score (nSPS) is 12.8. The summed E-state index contributed by atoms with van der Waals surface area (Å²) in [5.74, 6) is -0.623. The fraction of sp³-hybridized carbons (Fsp3) is 0.320. The van der Waals surface area contributed by atoms with Gasteiger partial charge in [-0.2, -0.15) is 4.98 Å². The molecule has 1 aromatic carbocycles. The Morgan fingerprint density at radius 1 is 1.20 bits per heavy atom. The number of aryl methyl sites for hydroxylation is 1. The molecule has 3 aromatic rings. The first-order valence-corrected chi connectivity index (χ1v) is 14.2. The lowest BCUT2D eigenvalue weighted by molar-refractivity contribution is -0.274. The summed E-state index contributed by atoms with van der Waals surface area (Å²) in [5.41, 5.74) is -1.10. The SMILES string of the molecule is C=C(/C=C\C(Cl)=C/C)Cn1c(Oc2cccc(OC(F)(F)F)c2)nc2c1c(=O)n(CCCNS(C)(=O)=O)c(=O)n2C. The van der Waals surface area contributed by atoms with Crippen LogP contribution in [-0.4, -0.2) is 46.3 Å². The second kappa shape index (κ2) is 12.8. The van der Waals surface area contributed by atoms with E-state index in [2.05, 4.69) is 21.0 Å². The number of nitrogens with one attached hydrogen (secondary N) is 1. The second-order valence-electron chi connectivity index (χ2n) is 8.76. The molecule has 0 unspecified atom stereocenters. The van der Waals surface area contributed by atoms with Gasteiger partial charge < -0.3 is 9.47 Å². The fourth-order valence-electron chi connectivity index (χ4n) is 3.66. The summed E-state index contributed by atoms with van der Waals surface area (Å²) in [6, 6.07) is 4.50. The number of halogens is 4. The zero-order valence-electron chi connectivity index (χ0n) is 22.2. The minimum Gasteiger partial charge on any atom is -0.425 e. The van der Waals surface area contributed by atoms with Crippen LogP contribution in [0.3, 0.4) is 0 Å². The molecular weight excluding hydrogens is 591 g/mol. The molecule has 0 aliphatic heterocycles. The number of aromatic nitrogens is 4. The van der Waals surface area contributed by atoms with E-state index in [0.717, 1.165) is 27.5 Å². The average molecular weight is 618 g/mol. The molecule has 0 atom stereocenters. The molecule has 2 heterocycles. The second-order valence-corrected chi connectivity index (χ2v) is 11.0. The van der Waals surface area contributed by atoms with E-state index in [4.69, 9.17) is 16.3 Å². The molecule has 0 spiro atoms. The van der Waals surface area contributed by atoms with Gasteiger partial charge in [0.15, 0.2) is 11.2 Å². The van der Waals surface area contributed by atoms with Crippen LogP contribution >= 0.6 is 11.6 Å². The molecule has 0 aliphatic carbocycles. The number of benzene rings is 1. The van der Waals surface area contributed by atoms with E-state index in [0.29, 0.717) is 10.6 Å². The molecule has 2 aromatic heterocycles. The molecule has 0 aliphatic rings. The highest BCUT2D eigenvalue weighted by Gasteiger charge is 2.31. The minimum absolute atomic E-state index is 0.0102. The van der Waals surface area contributed by atoms with Crippen LogP contribution in [0.15, 0.2) is 69.3 Å². The van der Waals surface area contributed by atoms with Crippen molar-refractivity contribution in [3.8, 4) is 17.5 Å². The highest BCUT2D eigenvalue weighted by molar-refractivity contribution is 7.88. The van der Waals surface area contributed by atoms with Crippen molar-refractivity contribution in [3.63, 3.8) is 0 Å². The maximum absolute atomic E-state index is 13.6. The molecular formula is C25H27ClF3N5O6S. The summed E-state index contributed by atoms with van der Waals surface area (Å²) in [7, 11) is -2.08. The lowest BCUT2D eigenvalue weighted by Gasteiger charge is -2.12. The predicted octanol–water partition coefficient (Wildman–Crippen LogP) is 3.78. The molecule has 222 valence electrons. The van der Waals surface area contributed by atoms with Crippen molar-refractivity contribution in [2.45, 2.75) is 32.8 Å². The lowest BCUT2D eigenvalue weighted by Crippen LogP contribution is -2.40. The van der Waals surface area contributed by atoms with E-state index in [1.54, 1.807) is 25.2 Å². The minimum atomic E-state index is -4.93. The molecule has 0 saturated heterocycles. The van der Waals surface area contributed by atoms with Crippen LogP contribution in [0.4, 0.5) is 13.2 Å². The van der Waals surface area contributed by atoms with E-state index in [-0.39, 0.29) is 49.0 Å². The van der Waals surface area contributed by atoms with Gasteiger partial charge in [0.05, 0.1) is 12.8 Å². The summed E-state index contributed by atoms with van der Waals surface area (Å²) in [4.78, 5) is 30.9. The molecule has 41 heavy (non-hydrogen) atoms. The zero-order chi connectivity index (χ0) is 30.5. The van der Waals surface area contributed by atoms with Crippen molar-refractivity contribution >= 4 is 32.8 Å². The van der Waals surface area contributed by atoms with Gasteiger partial charge in [0.25, 0.3) is 5.56 Å². The highest BCUT2D eigenvalue weighted by atomic mass is 35.5. The van der Waals surface area contributed by atoms with Crippen molar-refractivity contribution < 1.29 is 31.1 Å². The van der Waals surface area contributed by atoms with E-state index in [9.17, 15) is 31.2 Å². The van der Waals surface area contributed by atoms with Crippen LogP contribution in [0.2, 0.25) is 0 Å². The summed E-state index contributed by atoms with van der Waals surface area (Å²) in [5, 5.41) is 0.423. The molecule has 3 rings (SSSR count). The summed E-state index contributed by atoms with van der Waals surface area (Å²) >= 11 is 6.02. The van der Waals surface area contributed by atoms with Crippen LogP contribution in [0.5, 0.6) is 17.5 Å². The Kier molecular flexibility index (Phi) is 9.89. The van der Waals surface area contributed by atoms with Gasteiger partial charge in [-0.15, -0.1) is 13.2 Å². The van der Waals surface area contributed by atoms with Gasteiger partial charge in [-0.1, -0.05) is 36.4 Å². The van der Waals surface area contributed by atoms with Gasteiger partial charge >= 0.3 is 18.1 Å². The largest absolute Gasteiger partial charge is 0.573 e. The average Bonchev–Trinajstić information content (AvgIpc) is 3.21. The Morgan fingerprint density at radius 3 is 2.51 bits per heavy atom. The number of imidazole rings is 1. The highest BCUT2D eigenvalue weighted by Crippen LogP contribution is 2.30. The van der Waals surface area contributed by atoms with Crippen molar-refractivity contribution in [3.05, 3.63) is 80.5 Å². The number of hydrogen-bond donors (Lipinski definition) is 1. The molecule has 0 radical (unpaired) electrons. The van der Waals surface area contributed by atoms with E-state index < -0.39 is 33.4 Å². The molecule has 0 saturated carbocycles. The third kappa shape index (κ3) is 8.58. The van der Waals surface area contributed by atoms with Crippen LogP contribution in [0.25, 0.3) is 11.2 Å². The first kappa shape index (κ1) is 31.7. The number of alkyl halides is 3. The quantitative estimate of drug-likeness (QED) is 0.242. The topological polar surface area (TPSA) is 126 Å². The van der Waals surface area contributed by atoms with Crippen LogP contribution in [0, 0.1) is 0 Å². The first-order valence-electron chi connectivity index (χ1n) is 12.0. The molecule has 11 nitrogen and oxygen atoms in total. The van der Waals surface area contributed by atoms with Crippen molar-refractivity contribution in [2.24, 2.45) is 7.05 Å². The van der Waals surface area contributed by atoms with Gasteiger partial charge in [0, 0.05) is 31.2 Å². The number of ether oxygens (including phenoxy) is 2. The van der Waals surface area contributed by atoms with Crippen LogP contribution in [-0.2, 0) is 30.2 Å². The first-order chi connectivity index (χ1) is 19.1. The van der Waals surface area contributed by atoms with E-state index in [1.165, 1.54) is 23.7 Å². The number of rotatable bonds is 12. The standard InChI is InChI=1S/C25H27ClF3N5O6S/c1-5-17(26)11-10-16(2)15-34-20-21(31-23(34)39-18-8-6-9-19(14-18)40-25(27,28)29)32(3)24(36)33(22(20)35)13-7-12-30-41(4,37)38/h5-6,8-11,14,30H,2,7,12-13,15H2,1,3-4H3/b11-10-,17-5+. The number of hydrogen-bond acceptors (Lipinski definition) is 7. The van der Waals surface area contributed by atoms with Gasteiger partial charge in [-0.25, -0.2) is 17.9 Å². The number of fused-ring (bicyclic) bond motifs is 1. The van der Waals surface area contributed by atoms with Crippen LogP contribution in [0.1, 0.15) is 13.3 Å². The third-order valence-corrected chi connectivity index (χ3v) is 6.56. The Hall–Kier alpha value is -3.82. The molecule has 16 heteroatoms. The Balaban J connectivity index is 2.12. The smallest absolute Gasteiger partial charge is 0.425 e. The lowest BCUT2D eigenvalue weighted by atomic mass is 10.2. The monoisotopic (exact) mass is 617 g/mol. The van der Waals surface area contributed by atoms with Crippen molar-refractivity contribution in [1.29, 1.82) is 0 Å². The number of sulfonamides is 1. The Morgan fingerprint density at radius 2 is 1.88 bits per heavy atom. The molecule has 0 fully saturated rings. The molecule has 1 N–H and O–H groups in total. The number of allylic oxidation sites excluding steroid dienone is 5. The summed E-state index contributed by atoms with van der Waals surface area (Å²) in [6.07, 6.45) is 1.01. The fourth-order valence-corrected chi connectivity index (χ4v) is 4.24. The maximum Gasteiger partial charge on any atom is 0.573 e. The van der Waals surface area contributed by atoms with Gasteiger partial charge in [0.2, 0.25) is 10.0 Å². The van der Waals surface area contributed by atoms with Crippen molar-refractivity contribution in [2.75, 3.05) is 12.8 Å². The van der Waals surface area contributed by atoms with Gasteiger partial charge in [-0.05, 0) is 37.1 Å². The number of nitrogens with zero attached hydrogens (tertiary/aromatic N) is 4. The zero-order valence-corrected chi connectivity index (χ0v) is 23.8. The Labute approximate surface area is 237 Å². The van der Waals surface area contributed by atoms with Crippen LogP contribution < -0.4 is 25.4 Å². The van der Waals surface area contributed by atoms with Gasteiger partial charge in [-0.3, -0.25) is 18.5 Å². The summed E-state index contributed by atoms with van der Waals surface area (Å²) < 4.78 is 76.3.